The molecule has 0 aliphatic carbocycles. The molecule has 1 aromatic carbocycles. The van der Waals surface area contributed by atoms with Gasteiger partial charge in [-0.1, -0.05) is 37.6 Å². The van der Waals surface area contributed by atoms with Crippen LogP contribution in [0, 0.1) is 0 Å². The van der Waals surface area contributed by atoms with Gasteiger partial charge in [0.2, 0.25) is 0 Å². The fourth-order valence-electron chi connectivity index (χ4n) is 1.82. The third-order valence-corrected chi connectivity index (χ3v) is 3.50. The van der Waals surface area contributed by atoms with E-state index in [0.29, 0.717) is 6.04 Å². The minimum Gasteiger partial charge on any atom is -0.355 e. The van der Waals surface area contributed by atoms with Gasteiger partial charge in [-0.15, -0.1) is 11.3 Å². The van der Waals surface area contributed by atoms with Crippen LogP contribution in [-0.2, 0) is 6.42 Å². The molecule has 0 aliphatic heterocycles. The molecule has 0 saturated heterocycles. The monoisotopic (exact) mass is 246 g/mol. The van der Waals surface area contributed by atoms with E-state index in [-0.39, 0.29) is 0 Å². The highest BCUT2D eigenvalue weighted by atomic mass is 32.1. The maximum Gasteiger partial charge on any atom is 0.183 e. The summed E-state index contributed by atoms with van der Waals surface area (Å²) in [5.74, 6) is 0. The molecule has 2 aromatic rings. The van der Waals surface area contributed by atoms with E-state index in [0.717, 1.165) is 11.6 Å². The molecule has 0 spiro atoms. The van der Waals surface area contributed by atoms with Crippen LogP contribution in [0.4, 0.5) is 5.13 Å². The van der Waals surface area contributed by atoms with Crippen LogP contribution in [-0.4, -0.2) is 4.98 Å². The molecule has 0 fully saturated rings. The molecular formula is C14H18N2S. The van der Waals surface area contributed by atoms with Gasteiger partial charge < -0.3 is 5.32 Å². The molecule has 17 heavy (non-hydrogen) atoms. The van der Waals surface area contributed by atoms with Crippen molar-refractivity contribution >= 4 is 16.5 Å². The summed E-state index contributed by atoms with van der Waals surface area (Å²) < 4.78 is 0. The first-order chi connectivity index (χ1) is 8.29. The molecule has 1 N–H and O–H groups in total. The van der Waals surface area contributed by atoms with Crippen LogP contribution >= 0.6 is 11.3 Å². The van der Waals surface area contributed by atoms with Crippen molar-refractivity contribution in [2.45, 2.75) is 32.7 Å². The highest BCUT2D eigenvalue weighted by molar-refractivity contribution is 7.13. The molecule has 2 nitrogen and oxygen atoms in total. The largest absolute Gasteiger partial charge is 0.355 e. The van der Waals surface area contributed by atoms with Crippen LogP contribution in [0.3, 0.4) is 0 Å². The first-order valence-electron chi connectivity index (χ1n) is 6.04. The molecule has 0 radical (unpaired) electrons. The molecule has 1 aromatic heterocycles. The second kappa shape index (κ2) is 5.82. The van der Waals surface area contributed by atoms with Crippen LogP contribution in [0.5, 0.6) is 0 Å². The van der Waals surface area contributed by atoms with Crippen LogP contribution in [0.15, 0.2) is 35.8 Å². The molecule has 0 bridgehead atoms. The number of nitrogens with one attached hydrogen (secondary N) is 1. The first-order valence-corrected chi connectivity index (χ1v) is 6.92. The predicted molar refractivity (Wildman–Crippen MR) is 74.6 cm³/mol. The van der Waals surface area contributed by atoms with Crippen molar-refractivity contribution in [3.05, 3.63) is 47.0 Å². The number of anilines is 1. The van der Waals surface area contributed by atoms with E-state index in [1.54, 1.807) is 11.3 Å². The number of hydrogen-bond donors (Lipinski definition) is 1. The van der Waals surface area contributed by atoms with Crippen molar-refractivity contribution in [2.24, 2.45) is 0 Å². The SMILES string of the molecule is CCCc1ccc(C(C)Nc2nccs2)cc1. The summed E-state index contributed by atoms with van der Waals surface area (Å²) in [4.78, 5) is 4.24. The number of thiazole rings is 1. The Labute approximate surface area is 107 Å². The van der Waals surface area contributed by atoms with Gasteiger partial charge in [0.25, 0.3) is 0 Å². The summed E-state index contributed by atoms with van der Waals surface area (Å²) in [5.41, 5.74) is 2.72. The molecule has 90 valence electrons. The summed E-state index contributed by atoms with van der Waals surface area (Å²) in [6, 6.07) is 9.15. The Kier molecular flexibility index (Phi) is 4.15. The Hall–Kier alpha value is -1.35. The lowest BCUT2D eigenvalue weighted by atomic mass is 10.0. The van der Waals surface area contributed by atoms with Gasteiger partial charge in [-0.2, -0.15) is 0 Å². The fourth-order valence-corrected chi connectivity index (χ4v) is 2.44. The highest BCUT2D eigenvalue weighted by Crippen LogP contribution is 2.21. The number of hydrogen-bond acceptors (Lipinski definition) is 3. The van der Waals surface area contributed by atoms with Crippen molar-refractivity contribution in [1.29, 1.82) is 0 Å². The maximum absolute atomic E-state index is 4.24. The topological polar surface area (TPSA) is 24.9 Å². The summed E-state index contributed by atoms with van der Waals surface area (Å²) in [6.07, 6.45) is 4.19. The van der Waals surface area contributed by atoms with Crippen LogP contribution in [0.25, 0.3) is 0 Å². The predicted octanol–water partition coefficient (Wildman–Crippen LogP) is 4.27. The van der Waals surface area contributed by atoms with Gasteiger partial charge in [-0.05, 0) is 24.5 Å². The third kappa shape index (κ3) is 3.30. The minimum absolute atomic E-state index is 0.303. The van der Waals surface area contributed by atoms with E-state index in [9.17, 15) is 0 Å². The average molecular weight is 246 g/mol. The molecule has 1 unspecified atom stereocenters. The zero-order valence-electron chi connectivity index (χ0n) is 10.3. The molecule has 2 rings (SSSR count). The summed E-state index contributed by atoms with van der Waals surface area (Å²) in [7, 11) is 0. The molecular weight excluding hydrogens is 228 g/mol. The zero-order valence-corrected chi connectivity index (χ0v) is 11.1. The molecule has 0 saturated carbocycles. The number of benzene rings is 1. The number of nitrogens with zero attached hydrogens (tertiary/aromatic N) is 1. The van der Waals surface area contributed by atoms with E-state index < -0.39 is 0 Å². The van der Waals surface area contributed by atoms with Gasteiger partial charge in [-0.3, -0.25) is 0 Å². The number of aryl methyl sites for hydroxylation is 1. The van der Waals surface area contributed by atoms with Crippen molar-refractivity contribution in [2.75, 3.05) is 5.32 Å². The first kappa shape index (κ1) is 12.1. The van der Waals surface area contributed by atoms with Crippen molar-refractivity contribution in [3.63, 3.8) is 0 Å². The van der Waals surface area contributed by atoms with E-state index in [2.05, 4.69) is 48.4 Å². The summed E-state index contributed by atoms with van der Waals surface area (Å²) in [6.45, 7) is 4.37. The van der Waals surface area contributed by atoms with Crippen LogP contribution < -0.4 is 5.32 Å². The van der Waals surface area contributed by atoms with Gasteiger partial charge in [-0.25, -0.2) is 4.98 Å². The van der Waals surface area contributed by atoms with E-state index in [4.69, 9.17) is 0 Å². The van der Waals surface area contributed by atoms with E-state index in [1.807, 2.05) is 11.6 Å². The Bertz CT molecular complexity index is 434. The smallest absolute Gasteiger partial charge is 0.183 e. The third-order valence-electron chi connectivity index (χ3n) is 2.79. The Morgan fingerprint density at radius 1 is 1.29 bits per heavy atom. The molecule has 3 heteroatoms. The Morgan fingerprint density at radius 2 is 2.06 bits per heavy atom. The van der Waals surface area contributed by atoms with Gasteiger partial charge >= 0.3 is 0 Å². The van der Waals surface area contributed by atoms with Gasteiger partial charge in [0.1, 0.15) is 0 Å². The van der Waals surface area contributed by atoms with E-state index >= 15 is 0 Å². The standard InChI is InChI=1S/C14H18N2S/c1-3-4-12-5-7-13(8-6-12)11(2)16-14-15-9-10-17-14/h5-11H,3-4H2,1-2H3,(H,15,16). The van der Waals surface area contributed by atoms with Crippen LogP contribution in [0.1, 0.15) is 37.4 Å². The Morgan fingerprint density at radius 3 is 2.65 bits per heavy atom. The van der Waals surface area contributed by atoms with Gasteiger partial charge in [0, 0.05) is 11.6 Å². The average Bonchev–Trinajstić information content (AvgIpc) is 2.83. The second-order valence-corrected chi connectivity index (χ2v) is 5.09. The molecule has 1 heterocycles. The fraction of sp³-hybridized carbons (Fsp3) is 0.357. The highest BCUT2D eigenvalue weighted by Gasteiger charge is 2.06. The maximum atomic E-state index is 4.24. The van der Waals surface area contributed by atoms with Gasteiger partial charge in [0.05, 0.1) is 6.04 Å². The van der Waals surface area contributed by atoms with Crippen molar-refractivity contribution < 1.29 is 0 Å². The molecule has 1 atom stereocenters. The minimum atomic E-state index is 0.303. The van der Waals surface area contributed by atoms with E-state index in [1.165, 1.54) is 17.5 Å². The normalized spacial score (nSPS) is 12.4. The summed E-state index contributed by atoms with van der Waals surface area (Å²) in [5, 5.41) is 6.36. The van der Waals surface area contributed by atoms with Gasteiger partial charge in [0.15, 0.2) is 5.13 Å². The lowest BCUT2D eigenvalue weighted by Crippen LogP contribution is -2.06. The van der Waals surface area contributed by atoms with Crippen LogP contribution in [0.2, 0.25) is 0 Å². The summed E-state index contributed by atoms with van der Waals surface area (Å²) >= 11 is 1.63. The molecule has 0 aliphatic rings. The quantitative estimate of drug-likeness (QED) is 0.852. The second-order valence-electron chi connectivity index (χ2n) is 4.19. The number of rotatable bonds is 5. The Balaban J connectivity index is 2.01. The lowest BCUT2D eigenvalue weighted by Gasteiger charge is -2.13. The lowest BCUT2D eigenvalue weighted by molar-refractivity contribution is 0.874. The van der Waals surface area contributed by atoms with Crippen molar-refractivity contribution in [3.8, 4) is 0 Å². The zero-order chi connectivity index (χ0) is 12.1. The number of aromatic nitrogens is 1. The molecule has 0 amide bonds. The van der Waals surface area contributed by atoms with Crippen molar-refractivity contribution in [1.82, 2.24) is 4.98 Å².